The Morgan fingerprint density at radius 3 is 2.15 bits per heavy atom. The van der Waals surface area contributed by atoms with Crippen LogP contribution in [0.15, 0.2) is 42.5 Å². The molecule has 5 heteroatoms. The average Bonchev–Trinajstić information content (AvgIpc) is 2.68. The summed E-state index contributed by atoms with van der Waals surface area (Å²) in [4.78, 5) is 0. The molecule has 0 saturated heterocycles. The lowest BCUT2D eigenvalue weighted by atomic mass is 9.72. The molecule has 0 aromatic heterocycles. The van der Waals surface area contributed by atoms with Crippen LogP contribution in [0.25, 0.3) is 0 Å². The lowest BCUT2D eigenvalue weighted by Gasteiger charge is -2.33. The summed E-state index contributed by atoms with van der Waals surface area (Å²) < 4.78 is 34.9. The van der Waals surface area contributed by atoms with E-state index in [1.807, 2.05) is 36.4 Å². The van der Waals surface area contributed by atoms with Gasteiger partial charge in [0.1, 0.15) is 5.75 Å². The molecule has 0 aliphatic rings. The highest BCUT2D eigenvalue weighted by Gasteiger charge is 2.28. The number of rotatable bonds is 12. The van der Waals surface area contributed by atoms with Crippen LogP contribution >= 0.6 is 0 Å². The van der Waals surface area contributed by atoms with Crippen LogP contribution in [0.3, 0.4) is 0 Å². The molecule has 0 bridgehead atoms. The molecular formula is C28H43NO3S. The SMILES string of the molecule is CCCCOc1ccc(C(C)(C)CC(C)(C)C)cc1CS(=O)(=O)Nc1ccc(CCC)cc1. The van der Waals surface area contributed by atoms with Crippen molar-refractivity contribution >= 4 is 15.7 Å². The van der Waals surface area contributed by atoms with Crippen LogP contribution in [-0.4, -0.2) is 15.0 Å². The molecule has 0 spiro atoms. The van der Waals surface area contributed by atoms with Crippen molar-refractivity contribution in [3.8, 4) is 5.75 Å². The van der Waals surface area contributed by atoms with Gasteiger partial charge in [-0.05, 0) is 59.4 Å². The molecule has 0 amide bonds. The van der Waals surface area contributed by atoms with E-state index >= 15 is 0 Å². The van der Waals surface area contributed by atoms with Crippen LogP contribution in [-0.2, 0) is 27.6 Å². The molecule has 0 saturated carbocycles. The van der Waals surface area contributed by atoms with Gasteiger partial charge in [-0.25, -0.2) is 8.42 Å². The molecule has 0 aliphatic heterocycles. The summed E-state index contributed by atoms with van der Waals surface area (Å²) in [7, 11) is -3.59. The van der Waals surface area contributed by atoms with Gasteiger partial charge in [0, 0.05) is 11.3 Å². The lowest BCUT2D eigenvalue weighted by Crippen LogP contribution is -2.25. The topological polar surface area (TPSA) is 55.4 Å². The van der Waals surface area contributed by atoms with Crippen molar-refractivity contribution in [1.29, 1.82) is 0 Å². The predicted octanol–water partition coefficient (Wildman–Crippen LogP) is 7.47. The molecule has 0 atom stereocenters. The maximum absolute atomic E-state index is 13.1. The summed E-state index contributed by atoms with van der Waals surface area (Å²) in [5.74, 6) is 0.535. The normalized spacial score (nSPS) is 12.6. The maximum atomic E-state index is 13.1. The first-order valence-corrected chi connectivity index (χ1v) is 13.9. The minimum absolute atomic E-state index is 0.0821. The summed E-state index contributed by atoms with van der Waals surface area (Å²) in [6.07, 6.45) is 5.01. The molecule has 2 aromatic rings. The molecular weight excluding hydrogens is 430 g/mol. The number of unbranched alkanes of at least 4 members (excludes halogenated alkanes) is 1. The summed E-state index contributed by atoms with van der Waals surface area (Å²) in [6, 6.07) is 13.7. The van der Waals surface area contributed by atoms with E-state index in [0.717, 1.165) is 37.7 Å². The average molecular weight is 474 g/mol. The molecule has 0 fully saturated rings. The minimum atomic E-state index is -3.59. The Morgan fingerprint density at radius 1 is 0.909 bits per heavy atom. The van der Waals surface area contributed by atoms with Gasteiger partial charge >= 0.3 is 0 Å². The van der Waals surface area contributed by atoms with Gasteiger partial charge < -0.3 is 4.74 Å². The summed E-state index contributed by atoms with van der Waals surface area (Å²) in [5, 5.41) is 0. The van der Waals surface area contributed by atoms with Gasteiger partial charge in [-0.3, -0.25) is 4.72 Å². The monoisotopic (exact) mass is 473 g/mol. The molecule has 0 unspecified atom stereocenters. The van der Waals surface area contributed by atoms with E-state index in [4.69, 9.17) is 4.74 Å². The van der Waals surface area contributed by atoms with Gasteiger partial charge in [0.15, 0.2) is 0 Å². The second-order valence-electron chi connectivity index (χ2n) is 11.0. The van der Waals surface area contributed by atoms with E-state index in [0.29, 0.717) is 23.6 Å². The molecule has 2 aromatic carbocycles. The van der Waals surface area contributed by atoms with Crippen molar-refractivity contribution in [3.63, 3.8) is 0 Å². The van der Waals surface area contributed by atoms with Crippen molar-refractivity contribution in [3.05, 3.63) is 59.2 Å². The van der Waals surface area contributed by atoms with Crippen LogP contribution in [0.5, 0.6) is 5.75 Å². The number of anilines is 1. The van der Waals surface area contributed by atoms with E-state index < -0.39 is 10.0 Å². The first-order valence-electron chi connectivity index (χ1n) is 12.2. The molecule has 0 aliphatic carbocycles. The standard InChI is InChI=1S/C28H43NO3S/c1-8-10-18-32-26-17-14-24(28(6,7)21-27(3,4)5)19-23(26)20-33(30,31)29-25-15-12-22(11-9-2)13-16-25/h12-17,19,29H,8-11,18,20-21H2,1-7H3. The number of sulfonamides is 1. The zero-order valence-corrected chi connectivity index (χ0v) is 22.4. The summed E-state index contributed by atoms with van der Waals surface area (Å²) in [5.41, 5.74) is 3.72. The highest BCUT2D eigenvalue weighted by Crippen LogP contribution is 2.38. The second-order valence-corrected chi connectivity index (χ2v) is 12.7. The second kappa shape index (κ2) is 11.4. The maximum Gasteiger partial charge on any atom is 0.237 e. The Hall–Kier alpha value is -2.01. The van der Waals surface area contributed by atoms with Crippen molar-refractivity contribution in [2.75, 3.05) is 11.3 Å². The Labute approximate surface area is 202 Å². The van der Waals surface area contributed by atoms with Crippen LogP contribution in [0.4, 0.5) is 5.69 Å². The van der Waals surface area contributed by atoms with Crippen molar-refractivity contribution < 1.29 is 13.2 Å². The van der Waals surface area contributed by atoms with Gasteiger partial charge in [0.05, 0.1) is 12.4 Å². The quantitative estimate of drug-likeness (QED) is 0.325. The number of hydrogen-bond donors (Lipinski definition) is 1. The van der Waals surface area contributed by atoms with Crippen LogP contribution < -0.4 is 9.46 Å². The Bertz CT molecular complexity index is 987. The fraction of sp³-hybridized carbons (Fsp3) is 0.571. The zero-order chi connectivity index (χ0) is 24.7. The number of benzene rings is 2. The highest BCUT2D eigenvalue weighted by molar-refractivity contribution is 7.91. The van der Waals surface area contributed by atoms with Gasteiger partial charge in [0.25, 0.3) is 0 Å². The van der Waals surface area contributed by atoms with Crippen molar-refractivity contribution in [1.82, 2.24) is 0 Å². The third-order valence-electron chi connectivity index (χ3n) is 5.68. The summed E-state index contributed by atoms with van der Waals surface area (Å²) in [6.45, 7) is 16.0. The fourth-order valence-corrected chi connectivity index (χ4v) is 5.66. The Kier molecular flexibility index (Phi) is 9.42. The molecule has 0 radical (unpaired) electrons. The van der Waals surface area contributed by atoms with Crippen LogP contribution in [0, 0.1) is 5.41 Å². The molecule has 0 heterocycles. The van der Waals surface area contributed by atoms with E-state index in [1.165, 1.54) is 5.56 Å². The van der Waals surface area contributed by atoms with Gasteiger partial charge in [-0.15, -0.1) is 0 Å². The lowest BCUT2D eigenvalue weighted by molar-refractivity contribution is 0.283. The third kappa shape index (κ3) is 9.04. The third-order valence-corrected chi connectivity index (χ3v) is 6.92. The largest absolute Gasteiger partial charge is 0.493 e. The van der Waals surface area contributed by atoms with Crippen LogP contribution in [0.2, 0.25) is 0 Å². The number of nitrogens with one attached hydrogen (secondary N) is 1. The van der Waals surface area contributed by atoms with Crippen molar-refractivity contribution in [2.45, 2.75) is 91.7 Å². The van der Waals surface area contributed by atoms with Crippen molar-refractivity contribution in [2.24, 2.45) is 5.41 Å². The van der Waals surface area contributed by atoms with E-state index in [-0.39, 0.29) is 16.6 Å². The number of hydrogen-bond acceptors (Lipinski definition) is 3. The Balaban J connectivity index is 2.31. The number of ether oxygens (including phenoxy) is 1. The first-order chi connectivity index (χ1) is 15.3. The minimum Gasteiger partial charge on any atom is -0.493 e. The smallest absolute Gasteiger partial charge is 0.237 e. The van der Waals surface area contributed by atoms with Gasteiger partial charge in [-0.2, -0.15) is 0 Å². The molecule has 2 rings (SSSR count). The van der Waals surface area contributed by atoms with Gasteiger partial charge in [-0.1, -0.05) is 85.6 Å². The summed E-state index contributed by atoms with van der Waals surface area (Å²) >= 11 is 0. The van der Waals surface area contributed by atoms with Gasteiger partial charge in [0.2, 0.25) is 10.0 Å². The van der Waals surface area contributed by atoms with Crippen LogP contribution in [0.1, 0.15) is 90.8 Å². The molecule has 4 nitrogen and oxygen atoms in total. The first kappa shape index (κ1) is 27.2. The molecule has 33 heavy (non-hydrogen) atoms. The molecule has 1 N–H and O–H groups in total. The molecule has 184 valence electrons. The zero-order valence-electron chi connectivity index (χ0n) is 21.6. The fourth-order valence-electron chi connectivity index (χ4n) is 4.46. The Morgan fingerprint density at radius 2 is 1.58 bits per heavy atom. The highest BCUT2D eigenvalue weighted by atomic mass is 32.2. The van der Waals surface area contributed by atoms with E-state index in [1.54, 1.807) is 0 Å². The predicted molar refractivity (Wildman–Crippen MR) is 141 cm³/mol. The van der Waals surface area contributed by atoms with E-state index in [2.05, 4.69) is 59.3 Å². The van der Waals surface area contributed by atoms with E-state index in [9.17, 15) is 8.42 Å². The number of aryl methyl sites for hydroxylation is 1.